The largest absolute Gasteiger partial charge is 0.465 e. The van der Waals surface area contributed by atoms with Crippen LogP contribution >= 0.6 is 11.6 Å². The van der Waals surface area contributed by atoms with Gasteiger partial charge in [-0.2, -0.15) is 9.97 Å². The number of nitrogens with zero attached hydrogens (tertiary/aromatic N) is 6. The number of piperazine rings is 1. The first kappa shape index (κ1) is 20.4. The number of fused-ring (bicyclic) bond motifs is 3. The van der Waals surface area contributed by atoms with Crippen LogP contribution in [0.5, 0.6) is 6.01 Å². The zero-order valence-corrected chi connectivity index (χ0v) is 17.9. The van der Waals surface area contributed by atoms with E-state index in [9.17, 15) is 14.3 Å². The van der Waals surface area contributed by atoms with Gasteiger partial charge in [-0.05, 0) is 39.3 Å². The molecule has 1 N–H and O–H groups in total. The molecule has 0 radical (unpaired) electrons. The van der Waals surface area contributed by atoms with Crippen LogP contribution in [-0.4, -0.2) is 87.4 Å². The summed E-state index contributed by atoms with van der Waals surface area (Å²) in [6, 6.07) is 0.117. The number of amides is 1. The Hall–Kier alpha value is -2.46. The first-order chi connectivity index (χ1) is 14.9. The molecule has 0 spiro atoms. The van der Waals surface area contributed by atoms with E-state index in [1.165, 1.54) is 11.1 Å². The molecule has 166 valence electrons. The zero-order chi connectivity index (χ0) is 21.7. The first-order valence-corrected chi connectivity index (χ1v) is 10.9. The Bertz CT molecular complexity index is 1010. The zero-order valence-electron chi connectivity index (χ0n) is 17.2. The average molecular weight is 451 g/mol. The monoisotopic (exact) mass is 450 g/mol. The lowest BCUT2D eigenvalue weighted by Crippen LogP contribution is -2.55. The van der Waals surface area contributed by atoms with Crippen molar-refractivity contribution in [2.75, 3.05) is 38.2 Å². The number of hydrogen-bond acceptors (Lipinski definition) is 7. The third-order valence-electron chi connectivity index (χ3n) is 6.68. The maximum atomic E-state index is 14.8. The summed E-state index contributed by atoms with van der Waals surface area (Å²) in [5, 5.41) is 9.72. The molecule has 2 aromatic heterocycles. The highest BCUT2D eigenvalue weighted by Crippen LogP contribution is 2.36. The summed E-state index contributed by atoms with van der Waals surface area (Å²) in [5.41, 5.74) is 0.0628. The lowest BCUT2D eigenvalue weighted by atomic mass is 10.2. The van der Waals surface area contributed by atoms with Gasteiger partial charge >= 0.3 is 12.1 Å². The third kappa shape index (κ3) is 3.61. The van der Waals surface area contributed by atoms with Gasteiger partial charge < -0.3 is 19.6 Å². The van der Waals surface area contributed by atoms with Gasteiger partial charge in [0.25, 0.3) is 0 Å². The Labute approximate surface area is 183 Å². The highest BCUT2D eigenvalue weighted by Gasteiger charge is 2.43. The van der Waals surface area contributed by atoms with Gasteiger partial charge in [-0.25, -0.2) is 14.2 Å². The molecule has 5 rings (SSSR count). The number of likely N-dealkylation sites (N-methyl/N-ethyl adjacent to an activating group) is 1. The normalized spacial score (nSPS) is 26.1. The molecule has 3 aliphatic heterocycles. The third-order valence-corrected chi connectivity index (χ3v) is 6.94. The van der Waals surface area contributed by atoms with Crippen LogP contribution in [0.4, 0.5) is 15.0 Å². The van der Waals surface area contributed by atoms with Crippen LogP contribution in [0.15, 0.2) is 6.20 Å². The van der Waals surface area contributed by atoms with Gasteiger partial charge in [-0.3, -0.25) is 4.90 Å². The van der Waals surface area contributed by atoms with Crippen LogP contribution in [0.1, 0.15) is 25.7 Å². The SMILES string of the molecule is CN1CCC[C@H]1COc1nc(N2C[C@H]3CC[C@@H](C2)N3C(=O)O)c2cnc(Cl)c(F)c2n1. The van der Waals surface area contributed by atoms with E-state index in [-0.39, 0.29) is 34.8 Å². The van der Waals surface area contributed by atoms with Crippen molar-refractivity contribution in [1.82, 2.24) is 24.8 Å². The molecule has 0 saturated carbocycles. The standard InChI is InChI=1S/C20H24ClFN6O3/c1-26-6-2-3-13(26)10-31-19-24-16-14(7-23-17(21)15(16)22)18(25-19)27-8-11-4-5-12(9-27)28(11)20(29)30/h7,11-13H,2-6,8-10H2,1H3,(H,29,30)/t11-,12+,13-/m0/s1. The van der Waals surface area contributed by atoms with E-state index in [2.05, 4.69) is 26.9 Å². The Morgan fingerprint density at radius 3 is 2.68 bits per heavy atom. The summed E-state index contributed by atoms with van der Waals surface area (Å²) in [5.74, 6) is -0.206. The minimum Gasteiger partial charge on any atom is -0.465 e. The van der Waals surface area contributed by atoms with Crippen molar-refractivity contribution in [3.8, 4) is 6.01 Å². The predicted octanol–water partition coefficient (Wildman–Crippen LogP) is 2.62. The van der Waals surface area contributed by atoms with Crippen LogP contribution in [0.2, 0.25) is 5.15 Å². The first-order valence-electron chi connectivity index (χ1n) is 10.5. The molecule has 2 aromatic rings. The average Bonchev–Trinajstić information content (AvgIpc) is 3.28. The predicted molar refractivity (Wildman–Crippen MR) is 112 cm³/mol. The van der Waals surface area contributed by atoms with E-state index >= 15 is 0 Å². The molecule has 1 amide bonds. The number of ether oxygens (including phenoxy) is 1. The Morgan fingerprint density at radius 2 is 2.03 bits per heavy atom. The summed E-state index contributed by atoms with van der Waals surface area (Å²) in [6.07, 6.45) is 4.31. The molecule has 0 aliphatic carbocycles. The fraction of sp³-hybridized carbons (Fsp3) is 0.600. The number of aromatic nitrogens is 3. The molecule has 0 unspecified atom stereocenters. The number of carbonyl (C=O) groups is 1. The maximum Gasteiger partial charge on any atom is 0.407 e. The highest BCUT2D eigenvalue weighted by molar-refractivity contribution is 6.30. The molecule has 11 heteroatoms. The topological polar surface area (TPSA) is 94.9 Å². The van der Waals surface area contributed by atoms with Crippen molar-refractivity contribution in [2.24, 2.45) is 0 Å². The lowest BCUT2D eigenvalue weighted by molar-refractivity contribution is 0.114. The van der Waals surface area contributed by atoms with Gasteiger partial charge in [-0.1, -0.05) is 11.6 Å². The second kappa shape index (κ2) is 7.90. The summed E-state index contributed by atoms with van der Waals surface area (Å²) in [7, 11) is 2.05. The second-order valence-electron chi connectivity index (χ2n) is 8.52. The van der Waals surface area contributed by atoms with Crippen molar-refractivity contribution >= 4 is 34.4 Å². The number of pyridine rings is 1. The van der Waals surface area contributed by atoms with Crippen molar-refractivity contribution in [3.63, 3.8) is 0 Å². The second-order valence-corrected chi connectivity index (χ2v) is 8.88. The summed E-state index contributed by atoms with van der Waals surface area (Å²) in [6.45, 7) is 2.39. The molecule has 5 heterocycles. The molecule has 3 aliphatic rings. The number of carboxylic acid groups (broad SMARTS) is 1. The number of likely N-dealkylation sites (tertiary alicyclic amines) is 1. The molecule has 3 saturated heterocycles. The van der Waals surface area contributed by atoms with E-state index < -0.39 is 11.9 Å². The number of rotatable bonds is 4. The highest BCUT2D eigenvalue weighted by atomic mass is 35.5. The van der Waals surface area contributed by atoms with Gasteiger partial charge in [0.2, 0.25) is 0 Å². The fourth-order valence-electron chi connectivity index (χ4n) is 5.05. The molecule has 31 heavy (non-hydrogen) atoms. The summed E-state index contributed by atoms with van der Waals surface area (Å²) < 4.78 is 20.7. The van der Waals surface area contributed by atoms with Gasteiger partial charge in [0.15, 0.2) is 11.0 Å². The number of anilines is 1. The molecule has 9 nitrogen and oxygen atoms in total. The Balaban J connectivity index is 1.49. The van der Waals surface area contributed by atoms with E-state index in [4.69, 9.17) is 16.3 Å². The molecular formula is C20H24ClFN6O3. The lowest BCUT2D eigenvalue weighted by Gasteiger charge is -2.40. The maximum absolute atomic E-state index is 14.8. The molecule has 2 bridgehead atoms. The number of hydrogen-bond donors (Lipinski definition) is 1. The summed E-state index contributed by atoms with van der Waals surface area (Å²) >= 11 is 5.91. The van der Waals surface area contributed by atoms with Crippen molar-refractivity contribution in [1.29, 1.82) is 0 Å². The smallest absolute Gasteiger partial charge is 0.407 e. The van der Waals surface area contributed by atoms with E-state index in [0.29, 0.717) is 30.9 Å². The van der Waals surface area contributed by atoms with E-state index in [0.717, 1.165) is 32.2 Å². The quantitative estimate of drug-likeness (QED) is 0.710. The minimum atomic E-state index is -0.899. The van der Waals surface area contributed by atoms with Crippen molar-refractivity contribution in [2.45, 2.75) is 43.8 Å². The van der Waals surface area contributed by atoms with Crippen LogP contribution < -0.4 is 9.64 Å². The molecule has 0 aromatic carbocycles. The number of halogens is 2. The fourth-order valence-corrected chi connectivity index (χ4v) is 5.19. The minimum absolute atomic E-state index is 0.0628. The summed E-state index contributed by atoms with van der Waals surface area (Å²) in [4.78, 5) is 30.2. The van der Waals surface area contributed by atoms with Crippen molar-refractivity contribution in [3.05, 3.63) is 17.2 Å². The van der Waals surface area contributed by atoms with Crippen LogP contribution in [0.25, 0.3) is 10.9 Å². The van der Waals surface area contributed by atoms with Gasteiger partial charge in [-0.15, -0.1) is 0 Å². The Kier molecular flexibility index (Phi) is 5.21. The van der Waals surface area contributed by atoms with Gasteiger partial charge in [0, 0.05) is 25.3 Å². The van der Waals surface area contributed by atoms with Crippen LogP contribution in [-0.2, 0) is 0 Å². The van der Waals surface area contributed by atoms with Gasteiger partial charge in [0.1, 0.15) is 17.9 Å². The van der Waals surface area contributed by atoms with Crippen LogP contribution in [0.3, 0.4) is 0 Å². The van der Waals surface area contributed by atoms with Crippen molar-refractivity contribution < 1.29 is 19.0 Å². The van der Waals surface area contributed by atoms with E-state index in [1.807, 2.05) is 4.90 Å². The Morgan fingerprint density at radius 1 is 1.29 bits per heavy atom. The molecule has 3 atom stereocenters. The van der Waals surface area contributed by atoms with Crippen LogP contribution in [0, 0.1) is 5.82 Å². The van der Waals surface area contributed by atoms with Gasteiger partial charge in [0.05, 0.1) is 17.5 Å². The molecular weight excluding hydrogens is 427 g/mol. The van der Waals surface area contributed by atoms with E-state index in [1.54, 1.807) is 0 Å². The molecule has 3 fully saturated rings.